The molecule has 0 bridgehead atoms. The van der Waals surface area contributed by atoms with Gasteiger partial charge in [0.15, 0.2) is 0 Å². The Kier molecular flexibility index (Phi) is 5.87. The predicted molar refractivity (Wildman–Crippen MR) is 87.7 cm³/mol. The molecule has 0 saturated carbocycles. The first-order valence-corrected chi connectivity index (χ1v) is 7.70. The normalized spacial score (nSPS) is 11.1. The molecule has 0 spiro atoms. The third-order valence-electron chi connectivity index (χ3n) is 3.56. The topological polar surface area (TPSA) is 62.5 Å². The molecule has 0 unspecified atom stereocenters. The molecule has 0 saturated heterocycles. The fourth-order valence-electron chi connectivity index (χ4n) is 2.20. The molecular formula is C17H17F3N4O2. The SMILES string of the molecule is C#CCN(C)C(=O)N(CC)Cc1ccc(-c2noc(C(F)(F)F)n2)cc1. The minimum absolute atomic E-state index is 0.152. The minimum atomic E-state index is -4.68. The van der Waals surface area contributed by atoms with Gasteiger partial charge in [-0.05, 0) is 12.5 Å². The van der Waals surface area contributed by atoms with E-state index in [0.29, 0.717) is 18.7 Å². The summed E-state index contributed by atoms with van der Waals surface area (Å²) in [4.78, 5) is 18.6. The highest BCUT2D eigenvalue weighted by atomic mass is 19.4. The van der Waals surface area contributed by atoms with Gasteiger partial charge in [0.2, 0.25) is 5.82 Å². The van der Waals surface area contributed by atoms with Crippen LogP contribution in [0.4, 0.5) is 18.0 Å². The first-order chi connectivity index (χ1) is 12.3. The summed E-state index contributed by atoms with van der Waals surface area (Å²) < 4.78 is 41.7. The van der Waals surface area contributed by atoms with E-state index in [1.807, 2.05) is 6.92 Å². The molecule has 26 heavy (non-hydrogen) atoms. The van der Waals surface area contributed by atoms with E-state index in [1.54, 1.807) is 36.2 Å². The molecule has 0 aliphatic heterocycles. The Hall–Kier alpha value is -3.02. The van der Waals surface area contributed by atoms with Crippen LogP contribution in [-0.2, 0) is 12.7 Å². The maximum atomic E-state index is 12.5. The highest BCUT2D eigenvalue weighted by molar-refractivity contribution is 5.74. The van der Waals surface area contributed by atoms with E-state index in [9.17, 15) is 18.0 Å². The molecule has 1 aromatic heterocycles. The summed E-state index contributed by atoms with van der Waals surface area (Å²) >= 11 is 0. The minimum Gasteiger partial charge on any atom is -0.329 e. The Morgan fingerprint density at radius 1 is 1.31 bits per heavy atom. The van der Waals surface area contributed by atoms with Crippen LogP contribution in [0.1, 0.15) is 18.4 Å². The lowest BCUT2D eigenvalue weighted by atomic mass is 10.1. The second kappa shape index (κ2) is 7.91. The number of halogens is 3. The van der Waals surface area contributed by atoms with Crippen molar-refractivity contribution in [1.82, 2.24) is 19.9 Å². The summed E-state index contributed by atoms with van der Waals surface area (Å²) in [6.45, 7) is 2.86. The molecule has 0 fully saturated rings. The van der Waals surface area contributed by atoms with Gasteiger partial charge in [0.25, 0.3) is 0 Å². The summed E-state index contributed by atoms with van der Waals surface area (Å²) in [5.74, 6) is 0.860. The highest BCUT2D eigenvalue weighted by Gasteiger charge is 2.38. The molecule has 0 N–H and O–H groups in total. The zero-order valence-corrected chi connectivity index (χ0v) is 14.2. The average Bonchev–Trinajstić information content (AvgIpc) is 3.10. The number of amides is 2. The quantitative estimate of drug-likeness (QED) is 0.762. The fraction of sp³-hybridized carbons (Fsp3) is 0.353. The Labute approximate surface area is 148 Å². The number of hydrogen-bond donors (Lipinski definition) is 0. The van der Waals surface area contributed by atoms with Crippen molar-refractivity contribution in [2.75, 3.05) is 20.1 Å². The van der Waals surface area contributed by atoms with Gasteiger partial charge < -0.3 is 14.3 Å². The van der Waals surface area contributed by atoms with E-state index in [0.717, 1.165) is 5.56 Å². The van der Waals surface area contributed by atoms with Crippen molar-refractivity contribution in [3.05, 3.63) is 35.7 Å². The Bertz CT molecular complexity index is 794. The third-order valence-corrected chi connectivity index (χ3v) is 3.56. The van der Waals surface area contributed by atoms with E-state index in [2.05, 4.69) is 20.6 Å². The van der Waals surface area contributed by atoms with Gasteiger partial charge in [-0.25, -0.2) is 4.79 Å². The van der Waals surface area contributed by atoms with Crippen LogP contribution in [0.15, 0.2) is 28.8 Å². The Morgan fingerprint density at radius 2 is 1.96 bits per heavy atom. The van der Waals surface area contributed by atoms with Gasteiger partial charge >= 0.3 is 18.1 Å². The summed E-state index contributed by atoms with van der Waals surface area (Å²) in [5.41, 5.74) is 1.18. The van der Waals surface area contributed by atoms with Crippen LogP contribution in [0.3, 0.4) is 0 Å². The second-order valence-corrected chi connectivity index (χ2v) is 5.47. The van der Waals surface area contributed by atoms with Crippen molar-refractivity contribution in [2.45, 2.75) is 19.6 Å². The molecule has 0 aliphatic carbocycles. The number of rotatable bonds is 5. The smallest absolute Gasteiger partial charge is 0.329 e. The summed E-state index contributed by atoms with van der Waals surface area (Å²) in [6.07, 6.45) is 0.527. The summed E-state index contributed by atoms with van der Waals surface area (Å²) in [7, 11) is 1.61. The van der Waals surface area contributed by atoms with E-state index in [4.69, 9.17) is 6.42 Å². The molecule has 1 aromatic carbocycles. The lowest BCUT2D eigenvalue weighted by molar-refractivity contribution is -0.159. The molecule has 6 nitrogen and oxygen atoms in total. The van der Waals surface area contributed by atoms with Gasteiger partial charge in [-0.3, -0.25) is 0 Å². The monoisotopic (exact) mass is 366 g/mol. The van der Waals surface area contributed by atoms with Gasteiger partial charge in [-0.1, -0.05) is 35.3 Å². The van der Waals surface area contributed by atoms with Crippen LogP contribution in [0, 0.1) is 12.3 Å². The molecule has 2 amide bonds. The maximum absolute atomic E-state index is 12.5. The van der Waals surface area contributed by atoms with Crippen molar-refractivity contribution in [3.8, 4) is 23.7 Å². The van der Waals surface area contributed by atoms with Gasteiger partial charge in [-0.15, -0.1) is 6.42 Å². The number of aromatic nitrogens is 2. The molecule has 138 valence electrons. The number of terminal acetylenes is 1. The molecule has 1 heterocycles. The van der Waals surface area contributed by atoms with E-state index in [-0.39, 0.29) is 18.4 Å². The zero-order valence-electron chi connectivity index (χ0n) is 14.2. The van der Waals surface area contributed by atoms with E-state index >= 15 is 0 Å². The number of nitrogens with zero attached hydrogens (tertiary/aromatic N) is 4. The standard InChI is InChI=1S/C17H17F3N4O2/c1-4-10-23(3)16(25)24(5-2)11-12-6-8-13(9-7-12)14-21-15(26-22-14)17(18,19)20/h1,6-9H,5,10-11H2,2-3H3. The number of hydrogen-bond acceptors (Lipinski definition) is 4. The van der Waals surface area contributed by atoms with Gasteiger partial charge in [0.05, 0.1) is 6.54 Å². The van der Waals surface area contributed by atoms with Crippen molar-refractivity contribution in [2.24, 2.45) is 0 Å². The van der Waals surface area contributed by atoms with Crippen molar-refractivity contribution < 1.29 is 22.5 Å². The van der Waals surface area contributed by atoms with Crippen LogP contribution in [0.2, 0.25) is 0 Å². The number of benzene rings is 1. The van der Waals surface area contributed by atoms with Crippen LogP contribution in [0.5, 0.6) is 0 Å². The first kappa shape index (κ1) is 19.3. The van der Waals surface area contributed by atoms with Gasteiger partial charge in [0.1, 0.15) is 0 Å². The number of urea groups is 1. The summed E-state index contributed by atoms with van der Waals surface area (Å²) in [6, 6.07) is 6.32. The third kappa shape index (κ3) is 4.53. The lowest BCUT2D eigenvalue weighted by Crippen LogP contribution is -2.40. The molecule has 9 heteroatoms. The lowest BCUT2D eigenvalue weighted by Gasteiger charge is -2.26. The Morgan fingerprint density at radius 3 is 2.46 bits per heavy atom. The highest BCUT2D eigenvalue weighted by Crippen LogP contribution is 2.29. The molecule has 2 rings (SSSR count). The van der Waals surface area contributed by atoms with Crippen LogP contribution < -0.4 is 0 Å². The summed E-state index contributed by atoms with van der Waals surface area (Å²) in [5, 5.41) is 3.34. The van der Waals surface area contributed by atoms with E-state index in [1.165, 1.54) is 4.90 Å². The fourth-order valence-corrected chi connectivity index (χ4v) is 2.20. The number of carbonyl (C=O) groups excluding carboxylic acids is 1. The molecular weight excluding hydrogens is 349 g/mol. The van der Waals surface area contributed by atoms with Gasteiger partial charge in [-0.2, -0.15) is 18.2 Å². The number of carbonyl (C=O) groups is 1. The molecule has 0 atom stereocenters. The second-order valence-electron chi connectivity index (χ2n) is 5.47. The van der Waals surface area contributed by atoms with Crippen molar-refractivity contribution >= 4 is 6.03 Å². The molecule has 0 aliphatic rings. The van der Waals surface area contributed by atoms with Crippen molar-refractivity contribution in [1.29, 1.82) is 0 Å². The Balaban J connectivity index is 2.10. The molecule has 0 radical (unpaired) electrons. The van der Waals surface area contributed by atoms with Crippen LogP contribution >= 0.6 is 0 Å². The van der Waals surface area contributed by atoms with Crippen LogP contribution in [0.25, 0.3) is 11.4 Å². The van der Waals surface area contributed by atoms with E-state index < -0.39 is 12.1 Å². The van der Waals surface area contributed by atoms with Crippen LogP contribution in [-0.4, -0.2) is 46.1 Å². The largest absolute Gasteiger partial charge is 0.471 e. The molecule has 2 aromatic rings. The van der Waals surface area contributed by atoms with Gasteiger partial charge in [0, 0.05) is 25.7 Å². The predicted octanol–water partition coefficient (Wildman–Crippen LogP) is 3.26. The zero-order chi connectivity index (χ0) is 19.3. The van der Waals surface area contributed by atoms with Crippen molar-refractivity contribution in [3.63, 3.8) is 0 Å². The number of alkyl halides is 3. The maximum Gasteiger partial charge on any atom is 0.471 e. The first-order valence-electron chi connectivity index (χ1n) is 7.70. The average molecular weight is 366 g/mol.